The van der Waals surface area contributed by atoms with Gasteiger partial charge in [0.05, 0.1) is 10.9 Å². The van der Waals surface area contributed by atoms with Crippen LogP contribution in [0.25, 0.3) is 10.9 Å². The van der Waals surface area contributed by atoms with Crippen molar-refractivity contribution in [1.82, 2.24) is 14.5 Å². The number of halogens is 1. The Balaban J connectivity index is 1.34. The van der Waals surface area contributed by atoms with Gasteiger partial charge >= 0.3 is 0 Å². The second-order valence-electron chi connectivity index (χ2n) is 7.09. The molecule has 7 heteroatoms. The second kappa shape index (κ2) is 8.47. The van der Waals surface area contributed by atoms with E-state index < -0.39 is 0 Å². The van der Waals surface area contributed by atoms with Crippen molar-refractivity contribution in [2.45, 2.75) is 13.0 Å². The highest BCUT2D eigenvalue weighted by Gasteiger charge is 2.17. The molecule has 1 N–H and O–H groups in total. The number of rotatable bonds is 5. The quantitative estimate of drug-likeness (QED) is 0.642. The average Bonchev–Trinajstić information content (AvgIpc) is 2.71. The Kier molecular flexibility index (Phi) is 5.80. The van der Waals surface area contributed by atoms with Crippen LogP contribution in [0.15, 0.2) is 53.3 Å². The molecule has 0 bridgehead atoms. The summed E-state index contributed by atoms with van der Waals surface area (Å²) >= 11 is 11.5. The number of hydrogen-bond donors (Lipinski definition) is 1. The third kappa shape index (κ3) is 4.14. The van der Waals surface area contributed by atoms with Crippen LogP contribution in [0, 0.1) is 4.77 Å². The molecule has 0 radical (unpaired) electrons. The first-order chi connectivity index (χ1) is 13.6. The van der Waals surface area contributed by atoms with Gasteiger partial charge in [0.25, 0.3) is 5.56 Å². The van der Waals surface area contributed by atoms with Crippen molar-refractivity contribution < 1.29 is 0 Å². The molecule has 5 nitrogen and oxygen atoms in total. The van der Waals surface area contributed by atoms with Crippen LogP contribution < -0.4 is 10.5 Å². The molecule has 0 unspecified atom stereocenters. The molecule has 2 heterocycles. The summed E-state index contributed by atoms with van der Waals surface area (Å²) in [6.45, 7) is 5.57. The van der Waals surface area contributed by atoms with Gasteiger partial charge in [-0.25, -0.2) is 0 Å². The Labute approximate surface area is 174 Å². The molecule has 1 saturated heterocycles. The van der Waals surface area contributed by atoms with Crippen LogP contribution in [0.1, 0.15) is 6.42 Å². The number of nitrogens with zero attached hydrogens (tertiary/aromatic N) is 3. The minimum Gasteiger partial charge on any atom is -0.369 e. The Morgan fingerprint density at radius 1 is 1.00 bits per heavy atom. The Hall–Kier alpha value is -2.15. The zero-order valence-corrected chi connectivity index (χ0v) is 17.2. The van der Waals surface area contributed by atoms with E-state index in [1.165, 1.54) is 5.69 Å². The fourth-order valence-corrected chi connectivity index (χ4v) is 4.23. The van der Waals surface area contributed by atoms with Crippen molar-refractivity contribution in [2.24, 2.45) is 0 Å². The van der Waals surface area contributed by atoms with E-state index in [-0.39, 0.29) is 5.56 Å². The van der Waals surface area contributed by atoms with E-state index in [0.717, 1.165) is 49.7 Å². The lowest BCUT2D eigenvalue weighted by Gasteiger charge is -2.36. The van der Waals surface area contributed by atoms with E-state index in [0.29, 0.717) is 16.7 Å². The number of H-pyrrole nitrogens is 1. The highest BCUT2D eigenvalue weighted by Crippen LogP contribution is 2.20. The number of aromatic nitrogens is 2. The molecular weight excluding hydrogens is 392 g/mol. The third-order valence-corrected chi connectivity index (χ3v) is 5.85. The third-order valence-electron chi connectivity index (χ3n) is 5.29. The van der Waals surface area contributed by atoms with E-state index >= 15 is 0 Å². The summed E-state index contributed by atoms with van der Waals surface area (Å²) in [4.78, 5) is 20.7. The molecule has 0 saturated carbocycles. The van der Waals surface area contributed by atoms with E-state index in [1.807, 2.05) is 42.5 Å². The van der Waals surface area contributed by atoms with Crippen molar-refractivity contribution in [1.29, 1.82) is 0 Å². The molecule has 3 aromatic rings. The molecule has 2 aromatic carbocycles. The Bertz CT molecular complexity index is 1090. The van der Waals surface area contributed by atoms with Gasteiger partial charge in [-0.05, 0) is 55.5 Å². The van der Waals surface area contributed by atoms with Gasteiger partial charge in [0.15, 0.2) is 4.77 Å². The molecular formula is C21H23ClN4OS. The van der Waals surface area contributed by atoms with Crippen LogP contribution in [-0.4, -0.2) is 47.2 Å². The van der Waals surface area contributed by atoms with Crippen molar-refractivity contribution in [3.05, 3.63) is 68.7 Å². The molecule has 0 aliphatic carbocycles. The minimum atomic E-state index is -0.00914. The first kappa shape index (κ1) is 19.2. The van der Waals surface area contributed by atoms with Crippen LogP contribution in [-0.2, 0) is 6.54 Å². The van der Waals surface area contributed by atoms with Gasteiger partial charge in [0.1, 0.15) is 0 Å². The lowest BCUT2D eigenvalue weighted by atomic mass is 10.2. The lowest BCUT2D eigenvalue weighted by molar-refractivity contribution is 0.250. The fraction of sp³-hybridized carbons (Fsp3) is 0.333. The van der Waals surface area contributed by atoms with Crippen LogP contribution in [0.5, 0.6) is 0 Å². The van der Waals surface area contributed by atoms with Crippen LogP contribution in [0.4, 0.5) is 5.69 Å². The van der Waals surface area contributed by atoms with Gasteiger partial charge in [0.2, 0.25) is 0 Å². The van der Waals surface area contributed by atoms with Crippen LogP contribution in [0.3, 0.4) is 0 Å². The molecule has 146 valence electrons. The standard InChI is InChI=1S/C21H23ClN4OS/c22-16-5-3-6-17(15-16)25-13-11-24(12-14-25)9-4-10-26-20(27)18-7-1-2-8-19(18)23-21(26)28/h1-3,5-8,15H,4,9-14H2,(H,23,28). The second-order valence-corrected chi connectivity index (χ2v) is 7.92. The number of hydrogen-bond acceptors (Lipinski definition) is 4. The molecule has 1 fully saturated rings. The average molecular weight is 415 g/mol. The molecule has 0 amide bonds. The van der Waals surface area contributed by atoms with Crippen LogP contribution in [0.2, 0.25) is 5.02 Å². The van der Waals surface area contributed by atoms with Gasteiger partial charge in [-0.15, -0.1) is 0 Å². The zero-order valence-electron chi connectivity index (χ0n) is 15.6. The highest BCUT2D eigenvalue weighted by molar-refractivity contribution is 7.71. The number of benzene rings is 2. The Morgan fingerprint density at radius 3 is 2.57 bits per heavy atom. The first-order valence-electron chi connectivity index (χ1n) is 9.56. The van der Waals surface area contributed by atoms with E-state index in [2.05, 4.69) is 20.9 Å². The number of para-hydroxylation sites is 1. The molecule has 28 heavy (non-hydrogen) atoms. The smallest absolute Gasteiger partial charge is 0.262 e. The van der Waals surface area contributed by atoms with Gasteiger partial charge in [-0.3, -0.25) is 14.3 Å². The van der Waals surface area contributed by atoms with Gasteiger partial charge in [-0.1, -0.05) is 29.8 Å². The van der Waals surface area contributed by atoms with Crippen molar-refractivity contribution in [2.75, 3.05) is 37.6 Å². The molecule has 1 aromatic heterocycles. The number of anilines is 1. The van der Waals surface area contributed by atoms with E-state index in [4.69, 9.17) is 23.8 Å². The molecule has 4 rings (SSSR count). The van der Waals surface area contributed by atoms with E-state index in [1.54, 1.807) is 4.57 Å². The SMILES string of the molecule is O=c1c2ccccc2[nH]c(=S)n1CCCN1CCN(c2cccc(Cl)c2)CC1. The Morgan fingerprint density at radius 2 is 1.79 bits per heavy atom. The number of nitrogens with one attached hydrogen (secondary N) is 1. The predicted octanol–water partition coefficient (Wildman–Crippen LogP) is 3.92. The minimum absolute atomic E-state index is 0.00914. The van der Waals surface area contributed by atoms with Crippen molar-refractivity contribution in [3.8, 4) is 0 Å². The van der Waals surface area contributed by atoms with Crippen molar-refractivity contribution >= 4 is 40.4 Å². The van der Waals surface area contributed by atoms with E-state index in [9.17, 15) is 4.79 Å². The number of aromatic amines is 1. The summed E-state index contributed by atoms with van der Waals surface area (Å²) in [5.74, 6) is 0. The summed E-state index contributed by atoms with van der Waals surface area (Å²) in [7, 11) is 0. The maximum absolute atomic E-state index is 12.7. The molecule has 1 aliphatic rings. The normalized spacial score (nSPS) is 15.2. The maximum Gasteiger partial charge on any atom is 0.262 e. The van der Waals surface area contributed by atoms with Gasteiger partial charge < -0.3 is 9.88 Å². The maximum atomic E-state index is 12.7. The number of fused-ring (bicyclic) bond motifs is 1. The summed E-state index contributed by atoms with van der Waals surface area (Å²) < 4.78 is 2.18. The number of piperazine rings is 1. The summed E-state index contributed by atoms with van der Waals surface area (Å²) in [5.41, 5.74) is 1.97. The largest absolute Gasteiger partial charge is 0.369 e. The summed E-state index contributed by atoms with van der Waals surface area (Å²) in [5, 5.41) is 1.46. The highest BCUT2D eigenvalue weighted by atomic mass is 35.5. The van der Waals surface area contributed by atoms with Gasteiger partial charge in [-0.2, -0.15) is 0 Å². The topological polar surface area (TPSA) is 44.3 Å². The first-order valence-corrected chi connectivity index (χ1v) is 10.4. The zero-order chi connectivity index (χ0) is 19.5. The molecule has 1 aliphatic heterocycles. The summed E-state index contributed by atoms with van der Waals surface area (Å²) in [6, 6.07) is 15.5. The summed E-state index contributed by atoms with van der Waals surface area (Å²) in [6.07, 6.45) is 0.896. The monoisotopic (exact) mass is 414 g/mol. The predicted molar refractivity (Wildman–Crippen MR) is 118 cm³/mol. The molecule has 0 spiro atoms. The fourth-order valence-electron chi connectivity index (χ4n) is 3.76. The van der Waals surface area contributed by atoms with Gasteiger partial charge in [0, 0.05) is 43.4 Å². The van der Waals surface area contributed by atoms with Crippen LogP contribution >= 0.6 is 23.8 Å². The molecule has 0 atom stereocenters. The van der Waals surface area contributed by atoms with Crippen molar-refractivity contribution in [3.63, 3.8) is 0 Å². The lowest BCUT2D eigenvalue weighted by Crippen LogP contribution is -2.46.